The third-order valence-electron chi connectivity index (χ3n) is 4.36. The summed E-state index contributed by atoms with van der Waals surface area (Å²) in [5.74, 6) is 0.268. The SMILES string of the molecule is Cc1ccc([C@H]2C[C@H](C)N(CCCC(=O)NC(N)=O)C2)cc1. The second kappa shape index (κ2) is 7.40. The monoisotopic (exact) mass is 303 g/mol. The highest BCUT2D eigenvalue weighted by Gasteiger charge is 2.29. The molecule has 1 aliphatic heterocycles. The number of nitrogens with zero attached hydrogens (tertiary/aromatic N) is 1. The largest absolute Gasteiger partial charge is 0.351 e. The van der Waals surface area contributed by atoms with E-state index >= 15 is 0 Å². The molecule has 5 heteroatoms. The van der Waals surface area contributed by atoms with E-state index in [0.717, 1.165) is 25.9 Å². The van der Waals surface area contributed by atoms with E-state index in [2.05, 4.69) is 48.3 Å². The normalized spacial score (nSPS) is 21.7. The number of benzene rings is 1. The van der Waals surface area contributed by atoms with Crippen molar-refractivity contribution in [3.63, 3.8) is 0 Å². The van der Waals surface area contributed by atoms with Gasteiger partial charge in [0.1, 0.15) is 0 Å². The van der Waals surface area contributed by atoms with Gasteiger partial charge < -0.3 is 10.6 Å². The number of aryl methyl sites for hydroxylation is 1. The zero-order chi connectivity index (χ0) is 16.1. The third kappa shape index (κ3) is 4.56. The number of primary amides is 1. The minimum atomic E-state index is -0.779. The summed E-state index contributed by atoms with van der Waals surface area (Å²) < 4.78 is 0. The van der Waals surface area contributed by atoms with Crippen molar-refractivity contribution < 1.29 is 9.59 Å². The van der Waals surface area contributed by atoms with Gasteiger partial charge in [-0.25, -0.2) is 4.79 Å². The molecule has 1 fully saturated rings. The van der Waals surface area contributed by atoms with Gasteiger partial charge in [-0.2, -0.15) is 0 Å². The van der Waals surface area contributed by atoms with E-state index in [1.807, 2.05) is 0 Å². The summed E-state index contributed by atoms with van der Waals surface area (Å²) in [5.41, 5.74) is 7.60. The minimum absolute atomic E-state index is 0.297. The van der Waals surface area contributed by atoms with Crippen molar-refractivity contribution in [3.05, 3.63) is 35.4 Å². The van der Waals surface area contributed by atoms with Crippen LogP contribution >= 0.6 is 0 Å². The van der Waals surface area contributed by atoms with Crippen LogP contribution in [-0.4, -0.2) is 36.0 Å². The molecular formula is C17H25N3O2. The molecule has 1 heterocycles. The summed E-state index contributed by atoms with van der Waals surface area (Å²) in [7, 11) is 0. The van der Waals surface area contributed by atoms with Gasteiger partial charge in [-0.15, -0.1) is 0 Å². The molecule has 1 saturated heterocycles. The number of rotatable bonds is 5. The Hall–Kier alpha value is -1.88. The van der Waals surface area contributed by atoms with E-state index in [-0.39, 0.29) is 5.91 Å². The summed E-state index contributed by atoms with van der Waals surface area (Å²) in [4.78, 5) is 24.4. The molecule has 2 atom stereocenters. The van der Waals surface area contributed by atoms with E-state index in [4.69, 9.17) is 5.73 Å². The molecule has 120 valence electrons. The molecule has 0 bridgehead atoms. The number of hydrogen-bond acceptors (Lipinski definition) is 3. The Kier molecular flexibility index (Phi) is 5.55. The molecule has 0 aliphatic carbocycles. The zero-order valence-corrected chi connectivity index (χ0v) is 13.3. The maximum atomic E-state index is 11.4. The lowest BCUT2D eigenvalue weighted by Gasteiger charge is -2.20. The van der Waals surface area contributed by atoms with Crippen LogP contribution in [0.4, 0.5) is 4.79 Å². The molecular weight excluding hydrogens is 278 g/mol. The van der Waals surface area contributed by atoms with Gasteiger partial charge in [-0.1, -0.05) is 29.8 Å². The van der Waals surface area contributed by atoms with Crippen LogP contribution in [0.15, 0.2) is 24.3 Å². The van der Waals surface area contributed by atoms with Crippen molar-refractivity contribution in [1.29, 1.82) is 0 Å². The summed E-state index contributed by atoms with van der Waals surface area (Å²) in [6.45, 7) is 6.24. The molecule has 0 saturated carbocycles. The van der Waals surface area contributed by atoms with Crippen molar-refractivity contribution in [1.82, 2.24) is 10.2 Å². The second-order valence-electron chi connectivity index (χ2n) is 6.20. The summed E-state index contributed by atoms with van der Waals surface area (Å²) in [6, 6.07) is 8.50. The van der Waals surface area contributed by atoms with Crippen molar-refractivity contribution >= 4 is 11.9 Å². The van der Waals surface area contributed by atoms with Gasteiger partial charge in [-0.3, -0.25) is 10.1 Å². The van der Waals surface area contributed by atoms with Crippen molar-refractivity contribution in [2.45, 2.75) is 45.1 Å². The summed E-state index contributed by atoms with van der Waals surface area (Å²) >= 11 is 0. The average molecular weight is 303 g/mol. The van der Waals surface area contributed by atoms with Gasteiger partial charge in [-0.05, 0) is 44.7 Å². The Morgan fingerprint density at radius 3 is 2.64 bits per heavy atom. The fourth-order valence-electron chi connectivity index (χ4n) is 3.13. The first-order valence-corrected chi connectivity index (χ1v) is 7.85. The Balaban J connectivity index is 1.80. The van der Waals surface area contributed by atoms with Crippen molar-refractivity contribution in [2.75, 3.05) is 13.1 Å². The first kappa shape index (κ1) is 16.5. The maximum absolute atomic E-state index is 11.4. The first-order chi connectivity index (χ1) is 10.5. The molecule has 1 aromatic carbocycles. The molecule has 0 aromatic heterocycles. The van der Waals surface area contributed by atoms with Crippen molar-refractivity contribution in [2.24, 2.45) is 5.73 Å². The van der Waals surface area contributed by atoms with Gasteiger partial charge in [0.15, 0.2) is 0 Å². The third-order valence-corrected chi connectivity index (χ3v) is 4.36. The Labute approximate surface area is 131 Å². The highest BCUT2D eigenvalue weighted by molar-refractivity contribution is 5.93. The molecule has 2 rings (SSSR count). The molecule has 5 nitrogen and oxygen atoms in total. The van der Waals surface area contributed by atoms with Crippen LogP contribution in [0.2, 0.25) is 0 Å². The molecule has 0 spiro atoms. The van der Waals surface area contributed by atoms with Gasteiger partial charge in [0.05, 0.1) is 0 Å². The molecule has 1 aromatic rings. The lowest BCUT2D eigenvalue weighted by molar-refractivity contribution is -0.120. The highest BCUT2D eigenvalue weighted by atomic mass is 16.2. The van der Waals surface area contributed by atoms with E-state index in [0.29, 0.717) is 18.4 Å². The number of carbonyl (C=O) groups excluding carboxylic acids is 2. The predicted molar refractivity (Wildman–Crippen MR) is 86.5 cm³/mol. The standard InChI is InChI=1S/C17H25N3O2/c1-12-5-7-14(8-6-12)15-10-13(2)20(11-15)9-3-4-16(21)19-17(18)22/h5-8,13,15H,3-4,9-11H2,1-2H3,(H3,18,19,21,22)/t13-,15-/m0/s1. The fourth-order valence-corrected chi connectivity index (χ4v) is 3.13. The van der Waals surface area contributed by atoms with E-state index in [1.165, 1.54) is 11.1 Å². The number of nitrogens with two attached hydrogens (primary N) is 1. The number of imide groups is 1. The number of amides is 3. The summed E-state index contributed by atoms with van der Waals surface area (Å²) in [5, 5.41) is 2.10. The van der Waals surface area contributed by atoms with Crippen LogP contribution < -0.4 is 11.1 Å². The number of carbonyl (C=O) groups is 2. The number of urea groups is 1. The number of hydrogen-bond donors (Lipinski definition) is 2. The first-order valence-electron chi connectivity index (χ1n) is 7.85. The molecule has 22 heavy (non-hydrogen) atoms. The van der Waals surface area contributed by atoms with Crippen LogP contribution in [0.5, 0.6) is 0 Å². The van der Waals surface area contributed by atoms with Crippen LogP contribution in [0, 0.1) is 6.92 Å². The highest BCUT2D eigenvalue weighted by Crippen LogP contribution is 2.31. The molecule has 3 N–H and O–H groups in total. The van der Waals surface area contributed by atoms with E-state index < -0.39 is 6.03 Å². The van der Waals surface area contributed by atoms with Gasteiger partial charge in [0, 0.05) is 19.0 Å². The Morgan fingerprint density at radius 2 is 2.00 bits per heavy atom. The topological polar surface area (TPSA) is 75.4 Å². The number of nitrogens with one attached hydrogen (secondary N) is 1. The summed E-state index contributed by atoms with van der Waals surface area (Å²) in [6.07, 6.45) is 2.22. The van der Waals surface area contributed by atoms with Crippen LogP contribution in [0.25, 0.3) is 0 Å². The van der Waals surface area contributed by atoms with Crippen LogP contribution in [0.1, 0.15) is 43.2 Å². The van der Waals surface area contributed by atoms with Gasteiger partial charge >= 0.3 is 6.03 Å². The quantitative estimate of drug-likeness (QED) is 0.875. The van der Waals surface area contributed by atoms with E-state index in [9.17, 15) is 9.59 Å². The molecule has 0 radical (unpaired) electrons. The van der Waals surface area contributed by atoms with E-state index in [1.54, 1.807) is 0 Å². The predicted octanol–water partition coefficient (Wildman–Crippen LogP) is 2.15. The van der Waals surface area contributed by atoms with Crippen molar-refractivity contribution in [3.8, 4) is 0 Å². The second-order valence-corrected chi connectivity index (χ2v) is 6.20. The number of likely N-dealkylation sites (tertiary alicyclic amines) is 1. The molecule has 3 amide bonds. The van der Waals surface area contributed by atoms with Gasteiger partial charge in [0.25, 0.3) is 0 Å². The lowest BCUT2D eigenvalue weighted by atomic mass is 9.96. The minimum Gasteiger partial charge on any atom is -0.351 e. The fraction of sp³-hybridized carbons (Fsp3) is 0.529. The Bertz CT molecular complexity index is 527. The lowest BCUT2D eigenvalue weighted by Crippen LogP contribution is -2.35. The maximum Gasteiger partial charge on any atom is 0.318 e. The van der Waals surface area contributed by atoms with Crippen LogP contribution in [-0.2, 0) is 4.79 Å². The average Bonchev–Trinajstić information content (AvgIpc) is 2.80. The zero-order valence-electron chi connectivity index (χ0n) is 13.3. The Morgan fingerprint density at radius 1 is 1.32 bits per heavy atom. The van der Waals surface area contributed by atoms with Gasteiger partial charge in [0.2, 0.25) is 5.91 Å². The van der Waals surface area contributed by atoms with Crippen LogP contribution in [0.3, 0.4) is 0 Å². The molecule has 0 unspecified atom stereocenters. The molecule has 1 aliphatic rings. The smallest absolute Gasteiger partial charge is 0.318 e.